The van der Waals surface area contributed by atoms with Crippen LogP contribution < -0.4 is 26.6 Å². The van der Waals surface area contributed by atoms with Crippen LogP contribution in [0, 0.1) is 29.6 Å². The zero-order valence-corrected chi connectivity index (χ0v) is 39.0. The summed E-state index contributed by atoms with van der Waals surface area (Å²) in [4.78, 5) is 0. The van der Waals surface area contributed by atoms with Gasteiger partial charge in [0.05, 0.1) is 18.8 Å². The SMILES string of the molecule is C.CC1CCCCC1.CC1CCCCC1.C[C@@H]1CCCCO1.C[C@@H]1CCCNC1.C[C@H]1CCCNC1.C[C@H]1CCCOC1.C[C@H]1CNCCN1.C[C@H]1CNCCO1. The molecule has 6 atom stereocenters. The van der Waals surface area contributed by atoms with Gasteiger partial charge in [-0.05, 0) is 134 Å². The molecular weight excluding hydrogens is 707 g/mol. The number of ether oxygens (including phenoxy) is 3. The molecule has 0 amide bonds. The minimum Gasteiger partial charge on any atom is -0.381 e. The maximum Gasteiger partial charge on any atom is 0.0672 e. The van der Waals surface area contributed by atoms with Crippen molar-refractivity contribution >= 4 is 0 Å². The lowest BCUT2D eigenvalue weighted by Gasteiger charge is -2.19. The lowest BCUT2D eigenvalue weighted by atomic mass is 9.91. The topological polar surface area (TPSA) is 87.8 Å². The summed E-state index contributed by atoms with van der Waals surface area (Å²) < 4.78 is 15.7. The molecule has 0 aromatic rings. The average molecular weight is 812 g/mol. The normalized spacial score (nSPS) is 30.5. The zero-order chi connectivity index (χ0) is 40.9. The summed E-state index contributed by atoms with van der Waals surface area (Å²) in [6.45, 7) is 32.2. The van der Waals surface area contributed by atoms with Crippen LogP contribution in [-0.2, 0) is 14.2 Å². The Morgan fingerprint density at radius 3 is 1.05 bits per heavy atom. The van der Waals surface area contributed by atoms with E-state index in [2.05, 4.69) is 82.0 Å². The van der Waals surface area contributed by atoms with Crippen LogP contribution >= 0.6 is 0 Å². The second-order valence-electron chi connectivity index (χ2n) is 18.8. The van der Waals surface area contributed by atoms with Crippen molar-refractivity contribution in [1.82, 2.24) is 26.6 Å². The van der Waals surface area contributed by atoms with Crippen molar-refractivity contribution in [3.8, 4) is 0 Å². The number of piperazine rings is 1. The molecule has 8 fully saturated rings. The van der Waals surface area contributed by atoms with E-state index in [4.69, 9.17) is 14.2 Å². The first-order chi connectivity index (χ1) is 27.2. The van der Waals surface area contributed by atoms with Crippen molar-refractivity contribution in [3.63, 3.8) is 0 Å². The fourth-order valence-electron chi connectivity index (χ4n) is 7.96. The number of rotatable bonds is 0. The molecule has 0 aromatic heterocycles. The van der Waals surface area contributed by atoms with Gasteiger partial charge in [0, 0.05) is 58.6 Å². The first-order valence-electron chi connectivity index (χ1n) is 24.5. The lowest BCUT2D eigenvalue weighted by Crippen LogP contribution is -2.46. The number of nitrogens with one attached hydrogen (secondary N) is 5. The van der Waals surface area contributed by atoms with Crippen LogP contribution in [0.1, 0.15) is 185 Å². The van der Waals surface area contributed by atoms with E-state index in [9.17, 15) is 0 Å². The van der Waals surface area contributed by atoms with E-state index in [0.29, 0.717) is 18.2 Å². The molecule has 8 nitrogen and oxygen atoms in total. The van der Waals surface area contributed by atoms with Gasteiger partial charge in [-0.25, -0.2) is 0 Å². The highest BCUT2D eigenvalue weighted by atomic mass is 16.5. The molecule has 6 heterocycles. The highest BCUT2D eigenvalue weighted by molar-refractivity contribution is 4.70. The molecule has 8 heteroatoms. The van der Waals surface area contributed by atoms with E-state index in [-0.39, 0.29) is 7.43 Å². The smallest absolute Gasteiger partial charge is 0.0672 e. The third kappa shape index (κ3) is 39.6. The van der Waals surface area contributed by atoms with Gasteiger partial charge in [0.2, 0.25) is 0 Å². The van der Waals surface area contributed by atoms with Crippen molar-refractivity contribution in [2.24, 2.45) is 29.6 Å². The Kier molecular flexibility index (Phi) is 40.8. The van der Waals surface area contributed by atoms with Gasteiger partial charge in [-0.1, -0.05) is 106 Å². The molecule has 0 unspecified atom stereocenters. The molecule has 6 aliphatic heterocycles. The Bertz CT molecular complexity index is 569. The van der Waals surface area contributed by atoms with Crippen LogP contribution in [0.2, 0.25) is 0 Å². The second kappa shape index (κ2) is 41.1. The molecule has 2 saturated carbocycles. The molecule has 6 saturated heterocycles. The highest BCUT2D eigenvalue weighted by Crippen LogP contribution is 2.23. The van der Waals surface area contributed by atoms with Crippen LogP contribution in [0.15, 0.2) is 0 Å². The summed E-state index contributed by atoms with van der Waals surface area (Å²) in [5, 5.41) is 16.5. The van der Waals surface area contributed by atoms with Crippen molar-refractivity contribution in [2.45, 2.75) is 203 Å². The quantitative estimate of drug-likeness (QED) is 0.165. The maximum atomic E-state index is 5.28. The first-order valence-corrected chi connectivity index (χ1v) is 24.5. The minimum atomic E-state index is 0. The van der Waals surface area contributed by atoms with E-state index in [1.54, 1.807) is 0 Å². The van der Waals surface area contributed by atoms with Gasteiger partial charge in [0.25, 0.3) is 0 Å². The Labute approximate surface area is 357 Å². The van der Waals surface area contributed by atoms with Crippen LogP contribution in [0.4, 0.5) is 0 Å². The molecule has 8 aliphatic rings. The Balaban J connectivity index is 0.000000627. The average Bonchev–Trinajstić information content (AvgIpc) is 3.22. The van der Waals surface area contributed by atoms with Gasteiger partial charge in [-0.15, -0.1) is 0 Å². The summed E-state index contributed by atoms with van der Waals surface area (Å²) >= 11 is 0. The van der Waals surface area contributed by atoms with E-state index in [0.717, 1.165) is 88.7 Å². The molecule has 2 aliphatic carbocycles. The number of piperidine rings is 2. The largest absolute Gasteiger partial charge is 0.381 e. The maximum absolute atomic E-state index is 5.28. The molecule has 344 valence electrons. The highest BCUT2D eigenvalue weighted by Gasteiger charge is 2.09. The van der Waals surface area contributed by atoms with E-state index < -0.39 is 0 Å². The summed E-state index contributed by atoms with van der Waals surface area (Å²) in [6.07, 6.45) is 28.0. The van der Waals surface area contributed by atoms with Gasteiger partial charge in [0.15, 0.2) is 0 Å². The molecule has 8 rings (SSSR count). The predicted octanol–water partition coefficient (Wildman–Crippen LogP) is 10.4. The molecule has 5 N–H and O–H groups in total. The molecule has 0 aromatic carbocycles. The van der Waals surface area contributed by atoms with Crippen LogP contribution in [0.3, 0.4) is 0 Å². The lowest BCUT2D eigenvalue weighted by molar-refractivity contribution is 0.0285. The number of hydrogen-bond acceptors (Lipinski definition) is 8. The molecular formula is C49H105N5O3. The van der Waals surface area contributed by atoms with Gasteiger partial charge < -0.3 is 40.8 Å². The first kappa shape index (κ1) is 56.7. The van der Waals surface area contributed by atoms with Crippen LogP contribution in [-0.4, -0.2) is 104 Å². The minimum absolute atomic E-state index is 0. The van der Waals surface area contributed by atoms with E-state index >= 15 is 0 Å². The van der Waals surface area contributed by atoms with Crippen LogP contribution in [0.5, 0.6) is 0 Å². The van der Waals surface area contributed by atoms with Gasteiger partial charge >= 0.3 is 0 Å². The third-order valence-electron chi connectivity index (χ3n) is 12.0. The fraction of sp³-hybridized carbons (Fsp3) is 1.00. The van der Waals surface area contributed by atoms with Gasteiger partial charge in [-0.3, -0.25) is 0 Å². The Hall–Kier alpha value is -0.320. The summed E-state index contributed by atoms with van der Waals surface area (Å²) in [7, 11) is 0. The Morgan fingerprint density at radius 2 is 0.842 bits per heavy atom. The van der Waals surface area contributed by atoms with E-state index in [1.807, 2.05) is 0 Å². The van der Waals surface area contributed by atoms with Gasteiger partial charge in [-0.2, -0.15) is 0 Å². The van der Waals surface area contributed by atoms with Crippen molar-refractivity contribution in [3.05, 3.63) is 0 Å². The molecule has 0 spiro atoms. The summed E-state index contributed by atoms with van der Waals surface area (Å²) in [5.74, 6) is 4.73. The summed E-state index contributed by atoms with van der Waals surface area (Å²) in [5.41, 5.74) is 0. The molecule has 0 radical (unpaired) electrons. The van der Waals surface area contributed by atoms with Crippen molar-refractivity contribution < 1.29 is 14.2 Å². The standard InChI is InChI=1S/2C7H14.2C6H13N.2C6H12O.C5H12N2.C5H11NO.CH4/c2*1-7-5-3-2-4-6-7;3*1-6-3-2-4-7-5-6;1-6-4-2-3-5-7-6;2*1-5-4-6-2-3-7-5;/h2*7H,2-6H2,1H3;2*6-7H,2-5H2,1H3;2*6H,2-5H2,1H3;5-7H,2-4H2,1H3;5-6H,2-4H2,1H3;1H4/t;;4*6-;2*5-;/m..100100./s1. The van der Waals surface area contributed by atoms with Crippen LogP contribution in [0.25, 0.3) is 0 Å². The second-order valence-corrected chi connectivity index (χ2v) is 18.8. The molecule has 57 heavy (non-hydrogen) atoms. The van der Waals surface area contributed by atoms with Crippen molar-refractivity contribution in [2.75, 3.05) is 85.3 Å². The monoisotopic (exact) mass is 812 g/mol. The van der Waals surface area contributed by atoms with Gasteiger partial charge in [0.1, 0.15) is 0 Å². The fourth-order valence-corrected chi connectivity index (χ4v) is 7.96. The van der Waals surface area contributed by atoms with Crippen molar-refractivity contribution in [1.29, 1.82) is 0 Å². The predicted molar refractivity (Wildman–Crippen MR) is 251 cm³/mol. The molecule has 0 bridgehead atoms. The summed E-state index contributed by atoms with van der Waals surface area (Å²) in [6, 6.07) is 0.675. The Morgan fingerprint density at radius 1 is 0.351 bits per heavy atom. The number of morpholine rings is 1. The third-order valence-corrected chi connectivity index (χ3v) is 12.0. The zero-order valence-electron chi connectivity index (χ0n) is 39.0. The van der Waals surface area contributed by atoms with E-state index in [1.165, 1.54) is 148 Å². The number of hydrogen-bond donors (Lipinski definition) is 5.